The highest BCUT2D eigenvalue weighted by Gasteiger charge is 2.19. The molecule has 0 N–H and O–H groups in total. The molecule has 0 rings (SSSR count). The predicted molar refractivity (Wildman–Crippen MR) is 279 cm³/mol. The quantitative estimate of drug-likeness (QED) is 0.0262. The highest BCUT2D eigenvalue weighted by molar-refractivity contribution is 5.71. The Hall–Kier alpha value is -3.15. The van der Waals surface area contributed by atoms with Gasteiger partial charge in [-0.05, 0) is 89.9 Å². The minimum Gasteiger partial charge on any atom is -0.462 e. The van der Waals surface area contributed by atoms with E-state index in [1.807, 2.05) is 0 Å². The highest BCUT2D eigenvalue weighted by Crippen LogP contribution is 2.15. The van der Waals surface area contributed by atoms with E-state index >= 15 is 0 Å². The van der Waals surface area contributed by atoms with Crippen LogP contribution in [0.5, 0.6) is 0 Å². The topological polar surface area (TPSA) is 78.9 Å². The zero-order chi connectivity index (χ0) is 47.2. The molecule has 6 heteroatoms. The third kappa shape index (κ3) is 51.7. The first-order valence-corrected chi connectivity index (χ1v) is 27.4. The molecule has 0 saturated heterocycles. The predicted octanol–water partition coefficient (Wildman–Crippen LogP) is 18.2. The van der Waals surface area contributed by atoms with Gasteiger partial charge in [0.1, 0.15) is 13.2 Å². The minimum absolute atomic E-state index is 0.0787. The van der Waals surface area contributed by atoms with Gasteiger partial charge < -0.3 is 14.2 Å². The van der Waals surface area contributed by atoms with Crippen molar-refractivity contribution in [3.05, 3.63) is 72.9 Å². The third-order valence-corrected chi connectivity index (χ3v) is 11.7. The van der Waals surface area contributed by atoms with E-state index in [1.165, 1.54) is 128 Å². The lowest BCUT2D eigenvalue weighted by atomic mass is 10.1. The molecule has 0 aromatic heterocycles. The summed E-state index contributed by atoms with van der Waals surface area (Å²) in [4.78, 5) is 37.9. The molecule has 0 aromatic rings. The van der Waals surface area contributed by atoms with E-state index in [2.05, 4.69) is 93.7 Å². The Labute approximate surface area is 402 Å². The van der Waals surface area contributed by atoms with Crippen LogP contribution >= 0.6 is 0 Å². The van der Waals surface area contributed by atoms with Crippen LogP contribution in [0, 0.1) is 0 Å². The van der Waals surface area contributed by atoms with Crippen LogP contribution in [0.2, 0.25) is 0 Å². The molecular formula is C59H102O6. The average molecular weight is 907 g/mol. The molecule has 65 heavy (non-hydrogen) atoms. The van der Waals surface area contributed by atoms with E-state index in [1.54, 1.807) is 0 Å². The molecule has 0 aromatic carbocycles. The fourth-order valence-corrected chi connectivity index (χ4v) is 7.58. The van der Waals surface area contributed by atoms with Crippen LogP contribution in [0.15, 0.2) is 72.9 Å². The molecule has 0 radical (unpaired) electrons. The largest absolute Gasteiger partial charge is 0.462 e. The number of carbonyl (C=O) groups is 3. The molecular weight excluding hydrogens is 805 g/mol. The maximum Gasteiger partial charge on any atom is 0.306 e. The van der Waals surface area contributed by atoms with Crippen molar-refractivity contribution in [3.8, 4) is 0 Å². The summed E-state index contributed by atoms with van der Waals surface area (Å²) in [6.45, 7) is 6.46. The number of hydrogen-bond acceptors (Lipinski definition) is 6. The molecule has 374 valence electrons. The van der Waals surface area contributed by atoms with Gasteiger partial charge in [0.05, 0.1) is 0 Å². The van der Waals surface area contributed by atoms with Gasteiger partial charge in [-0.25, -0.2) is 0 Å². The molecule has 0 amide bonds. The third-order valence-electron chi connectivity index (χ3n) is 11.7. The fourth-order valence-electron chi connectivity index (χ4n) is 7.58. The van der Waals surface area contributed by atoms with Crippen molar-refractivity contribution in [2.45, 2.75) is 271 Å². The minimum atomic E-state index is -0.778. The molecule has 0 fully saturated rings. The Bertz CT molecular complexity index is 1230. The van der Waals surface area contributed by atoms with Crippen molar-refractivity contribution in [1.82, 2.24) is 0 Å². The van der Waals surface area contributed by atoms with E-state index < -0.39 is 6.10 Å². The van der Waals surface area contributed by atoms with E-state index in [0.717, 1.165) is 96.3 Å². The molecule has 1 atom stereocenters. The van der Waals surface area contributed by atoms with Crippen LogP contribution in [0.1, 0.15) is 265 Å². The van der Waals surface area contributed by atoms with E-state index in [4.69, 9.17) is 14.2 Å². The smallest absolute Gasteiger partial charge is 0.306 e. The zero-order valence-corrected chi connectivity index (χ0v) is 42.7. The second-order valence-electron chi connectivity index (χ2n) is 18.1. The number of carbonyl (C=O) groups excluding carboxylic acids is 3. The molecule has 0 bridgehead atoms. The van der Waals surface area contributed by atoms with Gasteiger partial charge >= 0.3 is 17.9 Å². The summed E-state index contributed by atoms with van der Waals surface area (Å²) in [5.41, 5.74) is 0. The van der Waals surface area contributed by atoms with Crippen LogP contribution in [0.3, 0.4) is 0 Å². The molecule has 0 aliphatic carbocycles. The zero-order valence-electron chi connectivity index (χ0n) is 42.7. The lowest BCUT2D eigenvalue weighted by Crippen LogP contribution is -2.30. The SMILES string of the molecule is CC/C=C\C/C=C\C/C=C\C/C=C\CCCCCCCCCCC(=O)OCC(COC(=O)CCCCCCCCC)OC(=O)CCCCCCCCCCC/C=C\C/C=C\CCCCC. The lowest BCUT2D eigenvalue weighted by molar-refractivity contribution is -0.167. The highest BCUT2D eigenvalue weighted by atomic mass is 16.6. The lowest BCUT2D eigenvalue weighted by Gasteiger charge is -2.18. The summed E-state index contributed by atoms with van der Waals surface area (Å²) in [7, 11) is 0. The number of hydrogen-bond donors (Lipinski definition) is 0. The summed E-state index contributed by atoms with van der Waals surface area (Å²) in [5, 5.41) is 0. The first kappa shape index (κ1) is 61.9. The van der Waals surface area contributed by atoms with Crippen molar-refractivity contribution < 1.29 is 28.6 Å². The van der Waals surface area contributed by atoms with E-state index in [0.29, 0.717) is 19.3 Å². The summed E-state index contributed by atoms with van der Waals surface area (Å²) in [5.74, 6) is -0.893. The Morgan fingerprint density at radius 1 is 0.323 bits per heavy atom. The van der Waals surface area contributed by atoms with Gasteiger partial charge in [0.25, 0.3) is 0 Å². The normalized spacial score (nSPS) is 12.6. The number of esters is 3. The summed E-state index contributed by atoms with van der Waals surface area (Å²) in [6.07, 6.45) is 67.6. The Balaban J connectivity index is 4.24. The number of ether oxygens (including phenoxy) is 3. The number of allylic oxidation sites excluding steroid dienone is 12. The Kier molecular flexibility index (Phi) is 50.9. The van der Waals surface area contributed by atoms with Gasteiger partial charge in [-0.15, -0.1) is 0 Å². The molecule has 6 nitrogen and oxygen atoms in total. The second kappa shape index (κ2) is 53.5. The summed E-state index contributed by atoms with van der Waals surface area (Å²) >= 11 is 0. The van der Waals surface area contributed by atoms with Gasteiger partial charge in [0.15, 0.2) is 6.10 Å². The van der Waals surface area contributed by atoms with Gasteiger partial charge in [-0.2, -0.15) is 0 Å². The molecule has 0 spiro atoms. The van der Waals surface area contributed by atoms with Crippen LogP contribution in [-0.4, -0.2) is 37.2 Å². The van der Waals surface area contributed by atoms with E-state index in [9.17, 15) is 14.4 Å². The van der Waals surface area contributed by atoms with Crippen LogP contribution in [0.25, 0.3) is 0 Å². The van der Waals surface area contributed by atoms with Crippen molar-refractivity contribution in [2.24, 2.45) is 0 Å². The van der Waals surface area contributed by atoms with Crippen LogP contribution in [-0.2, 0) is 28.6 Å². The summed E-state index contributed by atoms with van der Waals surface area (Å²) in [6, 6.07) is 0. The second-order valence-corrected chi connectivity index (χ2v) is 18.1. The molecule has 0 aliphatic rings. The fraction of sp³-hybridized carbons (Fsp3) is 0.746. The molecule has 0 heterocycles. The first-order chi connectivity index (χ1) is 32.0. The number of unbranched alkanes of at least 4 members (excludes halogenated alkanes) is 26. The first-order valence-electron chi connectivity index (χ1n) is 27.4. The monoisotopic (exact) mass is 907 g/mol. The number of rotatable bonds is 49. The molecule has 0 aliphatic heterocycles. The average Bonchev–Trinajstić information content (AvgIpc) is 3.30. The van der Waals surface area contributed by atoms with Crippen molar-refractivity contribution >= 4 is 17.9 Å². The van der Waals surface area contributed by atoms with Crippen molar-refractivity contribution in [1.29, 1.82) is 0 Å². The maximum absolute atomic E-state index is 12.8. The standard InChI is InChI=1S/C59H102O6/c1-4-7-10-13-16-18-20-22-24-26-28-29-31-32-34-36-38-40-43-46-49-52-58(61)64-55-56(54-63-57(60)51-48-45-42-15-12-9-6-3)65-59(62)53-50-47-44-41-39-37-35-33-30-27-25-23-21-19-17-14-11-8-5-2/h7,10,16-19,22-25,28-29,56H,4-6,8-9,11-15,20-21,26-27,30-55H2,1-3H3/b10-7-,18-16-,19-17-,24-22-,25-23-,29-28-. The Morgan fingerprint density at radius 2 is 0.600 bits per heavy atom. The van der Waals surface area contributed by atoms with Gasteiger partial charge in [-0.1, -0.05) is 229 Å². The van der Waals surface area contributed by atoms with Gasteiger partial charge in [-0.3, -0.25) is 14.4 Å². The van der Waals surface area contributed by atoms with Crippen LogP contribution in [0.4, 0.5) is 0 Å². The van der Waals surface area contributed by atoms with E-state index in [-0.39, 0.29) is 31.1 Å². The maximum atomic E-state index is 12.8. The molecule has 0 saturated carbocycles. The Morgan fingerprint density at radius 3 is 0.969 bits per heavy atom. The van der Waals surface area contributed by atoms with Crippen molar-refractivity contribution in [2.75, 3.05) is 13.2 Å². The van der Waals surface area contributed by atoms with Gasteiger partial charge in [0.2, 0.25) is 0 Å². The van der Waals surface area contributed by atoms with Crippen molar-refractivity contribution in [3.63, 3.8) is 0 Å². The van der Waals surface area contributed by atoms with Crippen LogP contribution < -0.4 is 0 Å². The van der Waals surface area contributed by atoms with Gasteiger partial charge in [0, 0.05) is 19.3 Å². The summed E-state index contributed by atoms with van der Waals surface area (Å²) < 4.78 is 16.8. The molecule has 1 unspecified atom stereocenters.